The number of rotatable bonds is 8. The van der Waals surface area contributed by atoms with Crippen LogP contribution in [0.3, 0.4) is 0 Å². The molecule has 0 spiro atoms. The van der Waals surface area contributed by atoms with Crippen molar-refractivity contribution in [2.45, 2.75) is 50.9 Å². The summed E-state index contributed by atoms with van der Waals surface area (Å²) in [7, 11) is 0. The average Bonchev–Trinajstić information content (AvgIpc) is 2.75. The molecule has 2 aromatic rings. The summed E-state index contributed by atoms with van der Waals surface area (Å²) in [4.78, 5) is 25.2. The van der Waals surface area contributed by atoms with E-state index in [4.69, 9.17) is 0 Å². The van der Waals surface area contributed by atoms with Crippen molar-refractivity contribution in [3.63, 3.8) is 0 Å². The first-order chi connectivity index (χ1) is 15.8. The predicted molar refractivity (Wildman–Crippen MR) is 116 cm³/mol. The van der Waals surface area contributed by atoms with Crippen molar-refractivity contribution in [3.05, 3.63) is 45.9 Å². The number of pyridine rings is 1. The van der Waals surface area contributed by atoms with Gasteiger partial charge in [-0.2, -0.15) is 18.2 Å². The summed E-state index contributed by atoms with van der Waals surface area (Å²) < 4.78 is 39.5. The zero-order valence-corrected chi connectivity index (χ0v) is 18.0. The molecule has 2 aliphatic rings. The van der Waals surface area contributed by atoms with Crippen LogP contribution in [-0.2, 0) is 12.7 Å². The maximum absolute atomic E-state index is 13.2. The Kier molecular flexibility index (Phi) is 6.91. The van der Waals surface area contributed by atoms with Crippen LogP contribution < -0.4 is 10.6 Å². The van der Waals surface area contributed by atoms with Gasteiger partial charge < -0.3 is 15.5 Å². The van der Waals surface area contributed by atoms with E-state index >= 15 is 0 Å². The van der Waals surface area contributed by atoms with Gasteiger partial charge in [0.25, 0.3) is 0 Å². The van der Waals surface area contributed by atoms with Gasteiger partial charge in [-0.3, -0.25) is 15.1 Å². The summed E-state index contributed by atoms with van der Waals surface area (Å²) in [6.45, 7) is 2.69. The molecule has 1 saturated heterocycles. The van der Waals surface area contributed by atoms with E-state index in [0.29, 0.717) is 18.5 Å². The van der Waals surface area contributed by atoms with Crippen LogP contribution in [-0.4, -0.2) is 50.5 Å². The molecule has 0 atom stereocenters. The van der Waals surface area contributed by atoms with Crippen molar-refractivity contribution in [2.24, 2.45) is 5.92 Å². The van der Waals surface area contributed by atoms with Gasteiger partial charge in [0.2, 0.25) is 11.8 Å². The fourth-order valence-corrected chi connectivity index (χ4v) is 4.40. The van der Waals surface area contributed by atoms with Crippen molar-refractivity contribution in [1.82, 2.24) is 19.9 Å². The lowest BCUT2D eigenvalue weighted by atomic mass is 9.84. The first-order valence-corrected chi connectivity index (χ1v) is 11.0. The van der Waals surface area contributed by atoms with Crippen LogP contribution in [0.1, 0.15) is 43.2 Å². The summed E-state index contributed by atoms with van der Waals surface area (Å²) in [6.07, 6.45) is 4.34. The Balaban J connectivity index is 1.38. The largest absolute Gasteiger partial charge is 0.416 e. The molecule has 0 bridgehead atoms. The Labute approximate surface area is 189 Å². The number of anilines is 2. The minimum Gasteiger partial charge on any atom is -0.364 e. The van der Waals surface area contributed by atoms with Gasteiger partial charge in [0.1, 0.15) is 6.20 Å². The summed E-state index contributed by atoms with van der Waals surface area (Å²) in [5, 5.41) is 17.2. The molecule has 0 aromatic carbocycles. The molecule has 2 aromatic heterocycles. The maximum atomic E-state index is 13.2. The molecular weight excluding hydrogens is 439 g/mol. The normalized spacial score (nSPS) is 21.3. The Morgan fingerprint density at radius 3 is 2.55 bits per heavy atom. The van der Waals surface area contributed by atoms with Crippen molar-refractivity contribution in [2.75, 3.05) is 30.3 Å². The molecular formula is C21H26F3N7O2. The van der Waals surface area contributed by atoms with Gasteiger partial charge in [-0.05, 0) is 57.2 Å². The molecule has 3 heterocycles. The quantitative estimate of drug-likeness (QED) is 0.443. The number of likely N-dealkylation sites (tertiary alicyclic amines) is 1. The van der Waals surface area contributed by atoms with Crippen LogP contribution in [0, 0.1) is 16.0 Å². The summed E-state index contributed by atoms with van der Waals surface area (Å²) >= 11 is 0. The van der Waals surface area contributed by atoms with E-state index in [2.05, 4.69) is 30.5 Å². The first-order valence-electron chi connectivity index (χ1n) is 11.0. The minimum absolute atomic E-state index is 0.00145. The second-order valence-electron chi connectivity index (χ2n) is 8.51. The topological polar surface area (TPSA) is 109 Å². The first kappa shape index (κ1) is 23.1. The second-order valence-corrected chi connectivity index (χ2v) is 8.51. The van der Waals surface area contributed by atoms with Gasteiger partial charge in [0.15, 0.2) is 0 Å². The van der Waals surface area contributed by atoms with Crippen LogP contribution in [0.25, 0.3) is 0 Å². The molecule has 1 aliphatic heterocycles. The number of nitrogens with zero attached hydrogens (tertiary/aromatic N) is 5. The van der Waals surface area contributed by atoms with Crippen LogP contribution in [0.4, 0.5) is 30.6 Å². The van der Waals surface area contributed by atoms with Gasteiger partial charge in [-0.25, -0.2) is 4.98 Å². The Morgan fingerprint density at radius 1 is 1.15 bits per heavy atom. The van der Waals surface area contributed by atoms with Gasteiger partial charge in [0.05, 0.1) is 10.5 Å². The molecule has 4 rings (SSSR count). The van der Waals surface area contributed by atoms with E-state index in [1.807, 2.05) is 0 Å². The van der Waals surface area contributed by atoms with Crippen LogP contribution in [0.2, 0.25) is 0 Å². The standard InChI is InChI=1S/C21H26F3N7O2/c22-21(23,24)17-6-7-25-11-15(17)12-27-20-28-13-18(31(32)33)19(29-20)26-10-14-2-4-16(5-3-14)30-8-1-9-30/h6-7,11,13-14,16H,1-5,8-10,12H2,(H2,26,27,28,29)/t14-,16-. The molecule has 0 radical (unpaired) electrons. The lowest BCUT2D eigenvalue weighted by Gasteiger charge is -2.42. The van der Waals surface area contributed by atoms with Crippen LogP contribution >= 0.6 is 0 Å². The smallest absolute Gasteiger partial charge is 0.364 e. The Bertz CT molecular complexity index is 977. The van der Waals surface area contributed by atoms with E-state index < -0.39 is 16.7 Å². The number of hydrogen-bond acceptors (Lipinski definition) is 8. The molecule has 2 fully saturated rings. The van der Waals surface area contributed by atoms with E-state index in [1.165, 1.54) is 19.5 Å². The molecule has 12 heteroatoms. The molecule has 178 valence electrons. The van der Waals surface area contributed by atoms with Gasteiger partial charge in [-0.1, -0.05) is 0 Å². The average molecular weight is 465 g/mol. The molecule has 0 amide bonds. The SMILES string of the molecule is O=[N+]([O-])c1cnc(NCc2cnccc2C(F)(F)F)nc1NC[C@H]1CC[C@H](N2CCC2)CC1. The van der Waals surface area contributed by atoms with Crippen molar-refractivity contribution < 1.29 is 18.1 Å². The van der Waals surface area contributed by atoms with E-state index in [0.717, 1.165) is 50.3 Å². The van der Waals surface area contributed by atoms with Crippen molar-refractivity contribution in [1.29, 1.82) is 0 Å². The molecule has 33 heavy (non-hydrogen) atoms. The highest BCUT2D eigenvalue weighted by atomic mass is 19.4. The number of halogens is 3. The third kappa shape index (κ3) is 5.67. The van der Waals surface area contributed by atoms with E-state index in [1.54, 1.807) is 0 Å². The molecule has 1 saturated carbocycles. The third-order valence-corrected chi connectivity index (χ3v) is 6.39. The maximum Gasteiger partial charge on any atom is 0.416 e. The lowest BCUT2D eigenvalue weighted by Crippen LogP contribution is -2.46. The molecule has 0 unspecified atom stereocenters. The fraction of sp³-hybridized carbons (Fsp3) is 0.571. The van der Waals surface area contributed by atoms with Gasteiger partial charge in [0, 0.05) is 37.1 Å². The second kappa shape index (κ2) is 9.86. The highest BCUT2D eigenvalue weighted by Gasteiger charge is 2.33. The minimum atomic E-state index is -4.52. The van der Waals surface area contributed by atoms with Crippen molar-refractivity contribution in [3.8, 4) is 0 Å². The van der Waals surface area contributed by atoms with Crippen LogP contribution in [0.5, 0.6) is 0 Å². The zero-order chi connectivity index (χ0) is 23.4. The van der Waals surface area contributed by atoms with Gasteiger partial charge >= 0.3 is 11.9 Å². The number of alkyl halides is 3. The predicted octanol–water partition coefficient (Wildman–Crippen LogP) is 4.09. The monoisotopic (exact) mass is 465 g/mol. The number of hydrogen-bond donors (Lipinski definition) is 2. The molecule has 2 N–H and O–H groups in total. The summed E-state index contributed by atoms with van der Waals surface area (Å²) in [5.74, 6) is 0.449. The zero-order valence-electron chi connectivity index (χ0n) is 18.0. The lowest BCUT2D eigenvalue weighted by molar-refractivity contribution is -0.384. The number of nitrogens with one attached hydrogen (secondary N) is 2. The van der Waals surface area contributed by atoms with Crippen LogP contribution in [0.15, 0.2) is 24.7 Å². The summed E-state index contributed by atoms with van der Waals surface area (Å²) in [5.41, 5.74) is -1.15. The molecule has 1 aliphatic carbocycles. The van der Waals surface area contributed by atoms with Gasteiger partial charge in [-0.15, -0.1) is 0 Å². The number of aromatic nitrogens is 3. The highest BCUT2D eigenvalue weighted by molar-refractivity contribution is 5.57. The summed E-state index contributed by atoms with van der Waals surface area (Å²) in [6, 6.07) is 1.55. The Morgan fingerprint density at radius 2 is 1.91 bits per heavy atom. The highest BCUT2D eigenvalue weighted by Crippen LogP contribution is 2.33. The third-order valence-electron chi connectivity index (χ3n) is 6.39. The fourth-order valence-electron chi connectivity index (χ4n) is 4.40. The van der Waals surface area contributed by atoms with E-state index in [-0.39, 0.29) is 29.6 Å². The molecule has 9 nitrogen and oxygen atoms in total. The Hall–Kier alpha value is -3.02. The van der Waals surface area contributed by atoms with E-state index in [9.17, 15) is 23.3 Å². The number of nitro groups is 1. The van der Waals surface area contributed by atoms with Crippen molar-refractivity contribution >= 4 is 17.5 Å².